The molecular weight excluding hydrogens is 255 g/mol. The SMILES string of the molecule is N#Cc1cc(C(F)(F)F)ccc1NC1CCC(N)C1. The summed E-state index contributed by atoms with van der Waals surface area (Å²) in [5, 5.41) is 12.1. The van der Waals surface area contributed by atoms with E-state index < -0.39 is 11.7 Å². The van der Waals surface area contributed by atoms with Crippen molar-refractivity contribution in [1.29, 1.82) is 5.26 Å². The molecule has 6 heteroatoms. The van der Waals surface area contributed by atoms with E-state index in [0.717, 1.165) is 31.4 Å². The highest BCUT2D eigenvalue weighted by Gasteiger charge is 2.31. The molecule has 1 fully saturated rings. The molecule has 2 unspecified atom stereocenters. The second-order valence-corrected chi connectivity index (χ2v) is 4.78. The van der Waals surface area contributed by atoms with Crippen molar-refractivity contribution in [2.45, 2.75) is 37.5 Å². The molecule has 1 aliphatic carbocycles. The van der Waals surface area contributed by atoms with Gasteiger partial charge in [-0.15, -0.1) is 0 Å². The highest BCUT2D eigenvalue weighted by Crippen LogP contribution is 2.32. The summed E-state index contributed by atoms with van der Waals surface area (Å²) in [6.07, 6.45) is -1.90. The van der Waals surface area contributed by atoms with Crippen LogP contribution in [-0.4, -0.2) is 12.1 Å². The lowest BCUT2D eigenvalue weighted by Gasteiger charge is -2.16. The fourth-order valence-corrected chi connectivity index (χ4v) is 2.31. The molecule has 1 saturated carbocycles. The number of nitrogens with zero attached hydrogens (tertiary/aromatic N) is 1. The first-order valence-electron chi connectivity index (χ1n) is 6.03. The monoisotopic (exact) mass is 269 g/mol. The van der Waals surface area contributed by atoms with Crippen LogP contribution in [0.4, 0.5) is 18.9 Å². The zero-order chi connectivity index (χ0) is 14.0. The molecule has 102 valence electrons. The predicted octanol–water partition coefficient (Wildman–Crippen LogP) is 2.87. The van der Waals surface area contributed by atoms with E-state index in [9.17, 15) is 13.2 Å². The largest absolute Gasteiger partial charge is 0.416 e. The molecule has 0 amide bonds. The van der Waals surface area contributed by atoms with Crippen LogP contribution in [0.2, 0.25) is 0 Å². The number of nitriles is 1. The van der Waals surface area contributed by atoms with E-state index in [2.05, 4.69) is 5.32 Å². The van der Waals surface area contributed by atoms with Gasteiger partial charge in [-0.05, 0) is 37.5 Å². The average molecular weight is 269 g/mol. The number of nitrogens with one attached hydrogen (secondary N) is 1. The lowest BCUT2D eigenvalue weighted by Crippen LogP contribution is -2.21. The molecule has 3 nitrogen and oxygen atoms in total. The van der Waals surface area contributed by atoms with Gasteiger partial charge in [0.2, 0.25) is 0 Å². The first-order chi connectivity index (χ1) is 8.90. The standard InChI is InChI=1S/C13H14F3N3/c14-13(15,16)9-1-4-12(8(5-9)7-17)19-11-3-2-10(18)6-11/h1,4-5,10-11,19H,2-3,6,18H2. The number of nitrogens with two attached hydrogens (primary N) is 1. The molecule has 0 aromatic heterocycles. The topological polar surface area (TPSA) is 61.8 Å². The summed E-state index contributed by atoms with van der Waals surface area (Å²) in [7, 11) is 0. The van der Waals surface area contributed by atoms with Crippen LogP contribution in [0.3, 0.4) is 0 Å². The molecule has 1 aromatic carbocycles. The zero-order valence-electron chi connectivity index (χ0n) is 10.2. The van der Waals surface area contributed by atoms with Crippen molar-refractivity contribution >= 4 is 5.69 Å². The maximum atomic E-state index is 12.5. The lowest BCUT2D eigenvalue weighted by atomic mass is 10.1. The van der Waals surface area contributed by atoms with Gasteiger partial charge < -0.3 is 11.1 Å². The number of benzene rings is 1. The second-order valence-electron chi connectivity index (χ2n) is 4.78. The Bertz CT molecular complexity index is 505. The van der Waals surface area contributed by atoms with Crippen molar-refractivity contribution in [2.75, 3.05) is 5.32 Å². The summed E-state index contributed by atoms with van der Waals surface area (Å²) >= 11 is 0. The molecule has 3 N–H and O–H groups in total. The minimum Gasteiger partial charge on any atom is -0.381 e. The number of alkyl halides is 3. The molecule has 0 radical (unpaired) electrons. The predicted molar refractivity (Wildman–Crippen MR) is 65.4 cm³/mol. The summed E-state index contributed by atoms with van der Waals surface area (Å²) in [6.45, 7) is 0. The van der Waals surface area contributed by atoms with E-state index in [4.69, 9.17) is 11.0 Å². The van der Waals surface area contributed by atoms with Crippen molar-refractivity contribution in [1.82, 2.24) is 0 Å². The normalized spacial score (nSPS) is 23.1. The fourth-order valence-electron chi connectivity index (χ4n) is 2.31. The van der Waals surface area contributed by atoms with E-state index in [1.54, 1.807) is 6.07 Å². The Labute approximate surface area is 109 Å². The molecule has 0 saturated heterocycles. The number of hydrogen-bond acceptors (Lipinski definition) is 3. The maximum Gasteiger partial charge on any atom is 0.416 e. The van der Waals surface area contributed by atoms with Crippen LogP contribution in [0, 0.1) is 11.3 Å². The third kappa shape index (κ3) is 3.18. The Hall–Kier alpha value is -1.74. The van der Waals surface area contributed by atoms with Gasteiger partial charge in [0.25, 0.3) is 0 Å². The van der Waals surface area contributed by atoms with E-state index in [1.807, 2.05) is 0 Å². The molecule has 1 aromatic rings. The summed E-state index contributed by atoms with van der Waals surface area (Å²) in [4.78, 5) is 0. The summed E-state index contributed by atoms with van der Waals surface area (Å²) in [6, 6.07) is 5.21. The molecular formula is C13H14F3N3. The Balaban J connectivity index is 2.20. The third-order valence-electron chi connectivity index (χ3n) is 3.30. The van der Waals surface area contributed by atoms with Crippen LogP contribution < -0.4 is 11.1 Å². The van der Waals surface area contributed by atoms with Gasteiger partial charge in [-0.25, -0.2) is 0 Å². The van der Waals surface area contributed by atoms with Crippen LogP contribution in [0.25, 0.3) is 0 Å². The highest BCUT2D eigenvalue weighted by atomic mass is 19.4. The Morgan fingerprint density at radius 2 is 2.05 bits per heavy atom. The van der Waals surface area contributed by atoms with Crippen LogP contribution in [-0.2, 0) is 6.18 Å². The van der Waals surface area contributed by atoms with Crippen molar-refractivity contribution in [3.05, 3.63) is 29.3 Å². The molecule has 2 atom stereocenters. The van der Waals surface area contributed by atoms with Crippen LogP contribution >= 0.6 is 0 Å². The van der Waals surface area contributed by atoms with E-state index in [1.165, 1.54) is 6.07 Å². The number of anilines is 1. The van der Waals surface area contributed by atoms with Crippen LogP contribution in [0.15, 0.2) is 18.2 Å². The van der Waals surface area contributed by atoms with Crippen LogP contribution in [0.1, 0.15) is 30.4 Å². The molecule has 2 rings (SSSR count). The van der Waals surface area contributed by atoms with Crippen molar-refractivity contribution in [3.8, 4) is 6.07 Å². The average Bonchev–Trinajstić information content (AvgIpc) is 2.74. The van der Waals surface area contributed by atoms with Gasteiger partial charge >= 0.3 is 6.18 Å². The Kier molecular flexibility index (Phi) is 3.67. The molecule has 0 spiro atoms. The van der Waals surface area contributed by atoms with Gasteiger partial charge in [0.1, 0.15) is 6.07 Å². The van der Waals surface area contributed by atoms with E-state index in [0.29, 0.717) is 5.69 Å². The smallest absolute Gasteiger partial charge is 0.381 e. The van der Waals surface area contributed by atoms with Crippen molar-refractivity contribution in [3.63, 3.8) is 0 Å². The highest BCUT2D eigenvalue weighted by molar-refractivity contribution is 5.59. The molecule has 0 aliphatic heterocycles. The summed E-state index contributed by atoms with van der Waals surface area (Å²) < 4.78 is 37.6. The van der Waals surface area contributed by atoms with Gasteiger partial charge in [0.05, 0.1) is 16.8 Å². The zero-order valence-corrected chi connectivity index (χ0v) is 10.2. The van der Waals surface area contributed by atoms with Gasteiger partial charge in [-0.1, -0.05) is 0 Å². The van der Waals surface area contributed by atoms with E-state index >= 15 is 0 Å². The van der Waals surface area contributed by atoms with Crippen LogP contribution in [0.5, 0.6) is 0 Å². The number of rotatable bonds is 2. The molecule has 0 bridgehead atoms. The number of hydrogen-bond donors (Lipinski definition) is 2. The third-order valence-corrected chi connectivity index (χ3v) is 3.30. The fraction of sp³-hybridized carbons (Fsp3) is 0.462. The molecule has 0 heterocycles. The summed E-state index contributed by atoms with van der Waals surface area (Å²) in [5.41, 5.74) is 5.42. The van der Waals surface area contributed by atoms with E-state index in [-0.39, 0.29) is 17.6 Å². The molecule has 19 heavy (non-hydrogen) atoms. The van der Waals surface area contributed by atoms with Gasteiger partial charge in [0, 0.05) is 12.1 Å². The summed E-state index contributed by atoms with van der Waals surface area (Å²) in [5.74, 6) is 0. The van der Waals surface area contributed by atoms with Crippen molar-refractivity contribution < 1.29 is 13.2 Å². The van der Waals surface area contributed by atoms with Crippen molar-refractivity contribution in [2.24, 2.45) is 5.73 Å². The van der Waals surface area contributed by atoms with Gasteiger partial charge in [-0.2, -0.15) is 18.4 Å². The first-order valence-corrected chi connectivity index (χ1v) is 6.03. The molecule has 1 aliphatic rings. The minimum atomic E-state index is -4.43. The van der Waals surface area contributed by atoms with Gasteiger partial charge in [0.15, 0.2) is 0 Å². The van der Waals surface area contributed by atoms with Gasteiger partial charge in [-0.3, -0.25) is 0 Å². The first kappa shape index (κ1) is 13.7. The number of halogens is 3. The Morgan fingerprint density at radius 1 is 1.32 bits per heavy atom. The Morgan fingerprint density at radius 3 is 2.58 bits per heavy atom. The lowest BCUT2D eigenvalue weighted by molar-refractivity contribution is -0.137. The minimum absolute atomic E-state index is 0.00953. The quantitative estimate of drug-likeness (QED) is 0.867. The second kappa shape index (κ2) is 5.10. The maximum absolute atomic E-state index is 12.5.